The highest BCUT2D eigenvalue weighted by Gasteiger charge is 2.18. The summed E-state index contributed by atoms with van der Waals surface area (Å²) in [5.41, 5.74) is 3.43. The molecule has 0 saturated heterocycles. The van der Waals surface area contributed by atoms with E-state index < -0.39 is 0 Å². The molecule has 0 amide bonds. The number of fused-ring (bicyclic) bond motifs is 1. The minimum Gasteiger partial charge on any atom is -0.481 e. The third-order valence-corrected chi connectivity index (χ3v) is 6.66. The molecule has 1 atom stereocenters. The smallest absolute Gasteiger partial charge is 0.348 e. The molecule has 0 bridgehead atoms. The van der Waals surface area contributed by atoms with Gasteiger partial charge in [0.2, 0.25) is 0 Å². The van der Waals surface area contributed by atoms with Crippen LogP contribution in [0.5, 0.6) is 5.75 Å². The zero-order chi connectivity index (χ0) is 22.0. The molecule has 1 unspecified atom stereocenters. The Morgan fingerprint density at radius 2 is 2.03 bits per heavy atom. The predicted octanol–water partition coefficient (Wildman–Crippen LogP) is 5.61. The maximum absolute atomic E-state index is 13.1. The van der Waals surface area contributed by atoms with E-state index in [1.54, 1.807) is 4.57 Å². The lowest BCUT2D eigenvalue weighted by molar-refractivity contribution is 0.371. The van der Waals surface area contributed by atoms with Gasteiger partial charge in [-0.15, -0.1) is 18.2 Å². The number of ether oxygens (including phenoxy) is 1. The molecular formula is C26H26N2O2S. The predicted molar refractivity (Wildman–Crippen MR) is 130 cm³/mol. The molecule has 1 aliphatic rings. The van der Waals surface area contributed by atoms with E-state index in [2.05, 4.69) is 49.9 Å². The number of allylic oxidation sites excluding steroid dienone is 2. The molecule has 1 aromatic heterocycles. The van der Waals surface area contributed by atoms with Crippen LogP contribution in [0, 0.1) is 12.3 Å². The monoisotopic (exact) mass is 430 g/mol. The minimum absolute atomic E-state index is 0.193. The van der Waals surface area contributed by atoms with E-state index in [9.17, 15) is 4.79 Å². The summed E-state index contributed by atoms with van der Waals surface area (Å²) in [5.74, 6) is 3.60. The molecular weight excluding hydrogens is 404 g/mol. The molecule has 158 valence electrons. The standard InChI is InChI=1S/C26H26N2O2S/c1-5-14-30-21-11-13-24-23(15-21)25(20-9-7-19(8-10-20)17(2)3)27-26(29)28(24)16-22-12-6-18(4)31-22/h1,7-13,15,17-18H,6,14,16H2,2-4H3. The molecule has 5 heteroatoms. The van der Waals surface area contributed by atoms with Crippen LogP contribution < -0.4 is 10.4 Å². The van der Waals surface area contributed by atoms with Crippen molar-refractivity contribution in [2.75, 3.05) is 6.61 Å². The molecule has 1 aliphatic heterocycles. The summed E-state index contributed by atoms with van der Waals surface area (Å²) in [6.07, 6.45) is 8.60. The molecule has 0 spiro atoms. The largest absolute Gasteiger partial charge is 0.481 e. The van der Waals surface area contributed by atoms with Crippen LogP contribution >= 0.6 is 11.8 Å². The summed E-state index contributed by atoms with van der Waals surface area (Å²) < 4.78 is 7.41. The van der Waals surface area contributed by atoms with Crippen molar-refractivity contribution in [1.29, 1.82) is 0 Å². The van der Waals surface area contributed by atoms with Crippen LogP contribution in [-0.4, -0.2) is 21.4 Å². The molecule has 3 aromatic rings. The summed E-state index contributed by atoms with van der Waals surface area (Å²) >= 11 is 1.82. The summed E-state index contributed by atoms with van der Waals surface area (Å²) in [5, 5.41) is 1.43. The van der Waals surface area contributed by atoms with Crippen molar-refractivity contribution in [3.05, 3.63) is 69.5 Å². The molecule has 2 aromatic carbocycles. The zero-order valence-electron chi connectivity index (χ0n) is 18.1. The molecule has 0 radical (unpaired) electrons. The number of rotatable bonds is 6. The number of hydrogen-bond donors (Lipinski definition) is 0. The van der Waals surface area contributed by atoms with E-state index >= 15 is 0 Å². The topological polar surface area (TPSA) is 44.1 Å². The number of aromatic nitrogens is 2. The Bertz CT molecular complexity index is 1230. The molecule has 0 fully saturated rings. The van der Waals surface area contributed by atoms with Crippen molar-refractivity contribution in [2.45, 2.75) is 44.9 Å². The second-order valence-corrected chi connectivity index (χ2v) is 9.68. The van der Waals surface area contributed by atoms with Gasteiger partial charge in [0, 0.05) is 21.1 Å². The van der Waals surface area contributed by atoms with Gasteiger partial charge in [-0.05, 0) is 36.1 Å². The molecule has 2 heterocycles. The fourth-order valence-electron chi connectivity index (χ4n) is 3.78. The van der Waals surface area contributed by atoms with Crippen LogP contribution in [0.15, 0.2) is 58.2 Å². The average molecular weight is 431 g/mol. The van der Waals surface area contributed by atoms with Gasteiger partial charge in [-0.1, -0.05) is 57.0 Å². The van der Waals surface area contributed by atoms with Gasteiger partial charge in [-0.3, -0.25) is 4.57 Å². The lowest BCUT2D eigenvalue weighted by atomic mass is 9.99. The first-order valence-corrected chi connectivity index (χ1v) is 11.4. The molecule has 4 rings (SSSR count). The quantitative estimate of drug-likeness (QED) is 0.477. The maximum atomic E-state index is 13.1. The Kier molecular flexibility index (Phi) is 6.20. The van der Waals surface area contributed by atoms with Gasteiger partial charge in [0.1, 0.15) is 12.4 Å². The second-order valence-electron chi connectivity index (χ2n) is 8.11. The lowest BCUT2D eigenvalue weighted by Crippen LogP contribution is -2.24. The maximum Gasteiger partial charge on any atom is 0.348 e. The van der Waals surface area contributed by atoms with E-state index in [-0.39, 0.29) is 12.3 Å². The second kappa shape index (κ2) is 9.03. The summed E-state index contributed by atoms with van der Waals surface area (Å²) in [6, 6.07) is 14.0. The normalized spacial score (nSPS) is 15.8. The van der Waals surface area contributed by atoms with Crippen molar-refractivity contribution in [3.63, 3.8) is 0 Å². The molecule has 0 aliphatic carbocycles. The van der Waals surface area contributed by atoms with Crippen molar-refractivity contribution in [3.8, 4) is 29.4 Å². The number of terminal acetylenes is 1. The number of benzene rings is 2. The fraction of sp³-hybridized carbons (Fsp3) is 0.308. The number of thioether (sulfide) groups is 1. The first-order chi connectivity index (χ1) is 15.0. The van der Waals surface area contributed by atoms with E-state index in [0.717, 1.165) is 22.9 Å². The van der Waals surface area contributed by atoms with Crippen molar-refractivity contribution in [1.82, 2.24) is 9.55 Å². The Morgan fingerprint density at radius 1 is 1.26 bits per heavy atom. The van der Waals surface area contributed by atoms with E-state index in [4.69, 9.17) is 11.2 Å². The van der Waals surface area contributed by atoms with Crippen LogP contribution in [0.3, 0.4) is 0 Å². The van der Waals surface area contributed by atoms with Gasteiger partial charge in [0.25, 0.3) is 0 Å². The highest BCUT2D eigenvalue weighted by atomic mass is 32.2. The fourth-order valence-corrected chi connectivity index (χ4v) is 4.89. The molecule has 4 nitrogen and oxygen atoms in total. The van der Waals surface area contributed by atoms with Crippen molar-refractivity contribution < 1.29 is 4.74 Å². The summed E-state index contributed by atoms with van der Waals surface area (Å²) in [4.78, 5) is 18.8. The summed E-state index contributed by atoms with van der Waals surface area (Å²) in [7, 11) is 0. The van der Waals surface area contributed by atoms with Crippen LogP contribution in [0.1, 0.15) is 38.7 Å². The van der Waals surface area contributed by atoms with Crippen molar-refractivity contribution in [2.24, 2.45) is 0 Å². The van der Waals surface area contributed by atoms with Gasteiger partial charge in [0.05, 0.1) is 17.8 Å². The average Bonchev–Trinajstić information content (AvgIpc) is 3.18. The summed E-state index contributed by atoms with van der Waals surface area (Å²) in [6.45, 7) is 7.25. The number of hydrogen-bond acceptors (Lipinski definition) is 4. The van der Waals surface area contributed by atoms with E-state index in [1.807, 2.05) is 42.1 Å². The molecule has 0 N–H and O–H groups in total. The molecule has 0 saturated carbocycles. The van der Waals surface area contributed by atoms with Crippen LogP contribution in [-0.2, 0) is 6.54 Å². The first-order valence-electron chi connectivity index (χ1n) is 10.5. The van der Waals surface area contributed by atoms with Gasteiger partial charge in [0.15, 0.2) is 0 Å². The van der Waals surface area contributed by atoms with Crippen LogP contribution in [0.25, 0.3) is 22.2 Å². The van der Waals surface area contributed by atoms with Crippen LogP contribution in [0.4, 0.5) is 0 Å². The highest BCUT2D eigenvalue weighted by molar-refractivity contribution is 8.03. The van der Waals surface area contributed by atoms with E-state index in [1.165, 1.54) is 10.5 Å². The molecule has 31 heavy (non-hydrogen) atoms. The number of nitrogens with zero attached hydrogens (tertiary/aromatic N) is 2. The SMILES string of the molecule is C#CCOc1ccc2c(c1)c(-c1ccc(C(C)C)cc1)nc(=O)n2CC1=CCC(C)S1. The van der Waals surface area contributed by atoms with E-state index in [0.29, 0.717) is 29.2 Å². The van der Waals surface area contributed by atoms with Crippen LogP contribution in [0.2, 0.25) is 0 Å². The minimum atomic E-state index is -0.242. The Balaban J connectivity index is 1.85. The van der Waals surface area contributed by atoms with Crippen molar-refractivity contribution >= 4 is 22.7 Å². The van der Waals surface area contributed by atoms with Gasteiger partial charge in [-0.25, -0.2) is 4.79 Å². The first kappa shape index (κ1) is 21.3. The zero-order valence-corrected chi connectivity index (χ0v) is 18.9. The lowest BCUT2D eigenvalue weighted by Gasteiger charge is -2.15. The Labute approximate surface area is 187 Å². The van der Waals surface area contributed by atoms with Gasteiger partial charge < -0.3 is 4.74 Å². The third-order valence-electron chi connectivity index (χ3n) is 5.47. The van der Waals surface area contributed by atoms with Gasteiger partial charge in [-0.2, -0.15) is 4.98 Å². The Hall–Kier alpha value is -2.97. The Morgan fingerprint density at radius 3 is 2.68 bits per heavy atom. The van der Waals surface area contributed by atoms with Gasteiger partial charge >= 0.3 is 5.69 Å². The highest BCUT2D eigenvalue weighted by Crippen LogP contribution is 2.34. The third kappa shape index (κ3) is 4.55.